The summed E-state index contributed by atoms with van der Waals surface area (Å²) in [6, 6.07) is 1.46. The van der Waals surface area contributed by atoms with Crippen molar-refractivity contribution in [2.24, 2.45) is 0 Å². The minimum Gasteiger partial charge on any atom is -0.478 e. The first kappa shape index (κ1) is 17.2. The second kappa shape index (κ2) is 7.08. The van der Waals surface area contributed by atoms with E-state index in [-0.39, 0.29) is 18.0 Å². The molecule has 1 amide bonds. The smallest absolute Gasteiger partial charge is 0.339 e. The fraction of sp³-hybridized carbons (Fsp3) is 0.529. The standard InChI is InChI=1S/C17H21N3O5/c1-10-13(17(22)23)8-12(24-10)9-20(2)15(21)5-3-4-14-18-16(19-25-14)11-6-7-11/h8,11H,3-7,9H2,1-2H3,(H,22,23). The zero-order valence-corrected chi connectivity index (χ0v) is 14.3. The molecule has 0 aliphatic heterocycles. The zero-order valence-electron chi connectivity index (χ0n) is 14.3. The maximum Gasteiger partial charge on any atom is 0.339 e. The maximum absolute atomic E-state index is 12.2. The number of aromatic carboxylic acids is 1. The van der Waals surface area contributed by atoms with Crippen molar-refractivity contribution in [2.45, 2.75) is 51.5 Å². The highest BCUT2D eigenvalue weighted by Crippen LogP contribution is 2.38. The van der Waals surface area contributed by atoms with Crippen LogP contribution in [0, 0.1) is 6.92 Å². The number of aryl methyl sites for hydroxylation is 2. The Bertz CT molecular complexity index is 775. The highest BCUT2D eigenvalue weighted by molar-refractivity contribution is 5.88. The fourth-order valence-electron chi connectivity index (χ4n) is 2.61. The van der Waals surface area contributed by atoms with Crippen LogP contribution >= 0.6 is 0 Å². The molecule has 8 nitrogen and oxygen atoms in total. The van der Waals surface area contributed by atoms with Gasteiger partial charge < -0.3 is 18.9 Å². The van der Waals surface area contributed by atoms with E-state index in [1.807, 2.05) is 0 Å². The van der Waals surface area contributed by atoms with Gasteiger partial charge in [0, 0.05) is 25.8 Å². The van der Waals surface area contributed by atoms with E-state index in [0.29, 0.717) is 42.6 Å². The first-order valence-electron chi connectivity index (χ1n) is 8.33. The number of rotatable bonds is 8. The van der Waals surface area contributed by atoms with E-state index in [0.717, 1.165) is 18.7 Å². The zero-order chi connectivity index (χ0) is 18.0. The normalized spacial score (nSPS) is 13.8. The number of carbonyl (C=O) groups excluding carboxylic acids is 1. The number of furan rings is 1. The Balaban J connectivity index is 1.45. The van der Waals surface area contributed by atoms with Crippen LogP contribution in [0.2, 0.25) is 0 Å². The van der Waals surface area contributed by atoms with Crippen LogP contribution < -0.4 is 0 Å². The Morgan fingerprint density at radius 3 is 2.80 bits per heavy atom. The van der Waals surface area contributed by atoms with Gasteiger partial charge in [-0.05, 0) is 32.3 Å². The minimum atomic E-state index is -1.04. The second-order valence-corrected chi connectivity index (χ2v) is 6.41. The van der Waals surface area contributed by atoms with Crippen LogP contribution in [-0.2, 0) is 17.8 Å². The summed E-state index contributed by atoms with van der Waals surface area (Å²) in [5.74, 6) is 1.52. The molecule has 0 radical (unpaired) electrons. The molecule has 25 heavy (non-hydrogen) atoms. The minimum absolute atomic E-state index is 0.0483. The molecule has 0 aromatic carbocycles. The molecule has 0 atom stereocenters. The van der Waals surface area contributed by atoms with Crippen molar-refractivity contribution >= 4 is 11.9 Å². The Kier molecular flexibility index (Phi) is 4.87. The number of nitrogens with zero attached hydrogens (tertiary/aromatic N) is 3. The fourth-order valence-corrected chi connectivity index (χ4v) is 2.61. The molecule has 1 saturated carbocycles. The lowest BCUT2D eigenvalue weighted by Crippen LogP contribution is -2.25. The van der Waals surface area contributed by atoms with E-state index in [2.05, 4.69) is 10.1 Å². The lowest BCUT2D eigenvalue weighted by atomic mass is 10.2. The Morgan fingerprint density at radius 1 is 1.40 bits per heavy atom. The topological polar surface area (TPSA) is 110 Å². The van der Waals surface area contributed by atoms with Crippen LogP contribution in [0.5, 0.6) is 0 Å². The quantitative estimate of drug-likeness (QED) is 0.781. The van der Waals surface area contributed by atoms with Crippen molar-refractivity contribution < 1.29 is 23.6 Å². The van der Waals surface area contributed by atoms with E-state index in [4.69, 9.17) is 14.0 Å². The van der Waals surface area contributed by atoms with Crippen molar-refractivity contribution in [2.75, 3.05) is 7.05 Å². The average molecular weight is 347 g/mol. The largest absolute Gasteiger partial charge is 0.478 e. The van der Waals surface area contributed by atoms with Crippen molar-refractivity contribution in [3.8, 4) is 0 Å². The highest BCUT2D eigenvalue weighted by atomic mass is 16.5. The lowest BCUT2D eigenvalue weighted by Gasteiger charge is -2.15. The van der Waals surface area contributed by atoms with E-state index < -0.39 is 5.97 Å². The molecule has 3 rings (SSSR count). The van der Waals surface area contributed by atoms with Gasteiger partial charge in [0.05, 0.1) is 6.54 Å². The maximum atomic E-state index is 12.2. The molecule has 0 spiro atoms. The molecule has 2 heterocycles. The molecular weight excluding hydrogens is 326 g/mol. The molecule has 0 unspecified atom stereocenters. The summed E-state index contributed by atoms with van der Waals surface area (Å²) in [6.45, 7) is 1.83. The molecule has 0 bridgehead atoms. The Hall–Kier alpha value is -2.64. The van der Waals surface area contributed by atoms with Gasteiger partial charge in [-0.25, -0.2) is 4.79 Å². The molecule has 8 heteroatoms. The summed E-state index contributed by atoms with van der Waals surface area (Å²) in [5, 5.41) is 13.0. The van der Waals surface area contributed by atoms with E-state index in [1.165, 1.54) is 11.0 Å². The highest BCUT2D eigenvalue weighted by Gasteiger charge is 2.28. The monoisotopic (exact) mass is 347 g/mol. The number of hydrogen-bond donors (Lipinski definition) is 1. The summed E-state index contributed by atoms with van der Waals surface area (Å²) < 4.78 is 10.6. The molecule has 1 aliphatic rings. The number of carboxylic acids is 1. The number of aromatic nitrogens is 2. The van der Waals surface area contributed by atoms with E-state index >= 15 is 0 Å². The van der Waals surface area contributed by atoms with Crippen LogP contribution in [0.15, 0.2) is 15.0 Å². The lowest BCUT2D eigenvalue weighted by molar-refractivity contribution is -0.130. The Morgan fingerprint density at radius 2 is 2.16 bits per heavy atom. The number of amides is 1. The summed E-state index contributed by atoms with van der Waals surface area (Å²) in [5.41, 5.74) is 0.124. The molecule has 1 N–H and O–H groups in total. The summed E-state index contributed by atoms with van der Waals surface area (Å²) in [4.78, 5) is 29.1. The summed E-state index contributed by atoms with van der Waals surface area (Å²) in [6.07, 6.45) is 3.79. The molecule has 2 aromatic heterocycles. The number of carboxylic acid groups (broad SMARTS) is 1. The summed E-state index contributed by atoms with van der Waals surface area (Å²) in [7, 11) is 1.67. The third-order valence-corrected chi connectivity index (χ3v) is 4.23. The van der Waals surface area contributed by atoms with Gasteiger partial charge in [-0.2, -0.15) is 4.98 Å². The second-order valence-electron chi connectivity index (χ2n) is 6.41. The molecule has 1 fully saturated rings. The van der Waals surface area contributed by atoms with Gasteiger partial charge in [0.15, 0.2) is 5.82 Å². The van der Waals surface area contributed by atoms with Gasteiger partial charge in [-0.15, -0.1) is 0 Å². The number of carbonyl (C=O) groups is 2. The third kappa shape index (κ3) is 4.26. The van der Waals surface area contributed by atoms with Crippen molar-refractivity contribution in [1.29, 1.82) is 0 Å². The average Bonchev–Trinajstić information content (AvgIpc) is 3.19. The van der Waals surface area contributed by atoms with Crippen LogP contribution in [0.4, 0.5) is 0 Å². The first-order chi connectivity index (χ1) is 11.9. The van der Waals surface area contributed by atoms with Gasteiger partial charge in [-0.1, -0.05) is 5.16 Å². The summed E-state index contributed by atoms with van der Waals surface area (Å²) >= 11 is 0. The van der Waals surface area contributed by atoms with Crippen LogP contribution in [-0.4, -0.2) is 39.1 Å². The molecule has 2 aromatic rings. The first-order valence-corrected chi connectivity index (χ1v) is 8.33. The van der Waals surface area contributed by atoms with Crippen LogP contribution in [0.3, 0.4) is 0 Å². The molecule has 134 valence electrons. The SMILES string of the molecule is Cc1oc(CN(C)C(=O)CCCc2nc(C3CC3)no2)cc1C(=O)O. The van der Waals surface area contributed by atoms with Crippen molar-refractivity contribution in [3.63, 3.8) is 0 Å². The molecule has 0 saturated heterocycles. The van der Waals surface area contributed by atoms with Crippen LogP contribution in [0.25, 0.3) is 0 Å². The van der Waals surface area contributed by atoms with Crippen molar-refractivity contribution in [1.82, 2.24) is 15.0 Å². The predicted molar refractivity (Wildman–Crippen MR) is 86.1 cm³/mol. The third-order valence-electron chi connectivity index (χ3n) is 4.23. The van der Waals surface area contributed by atoms with Gasteiger partial charge in [0.1, 0.15) is 17.1 Å². The van der Waals surface area contributed by atoms with Gasteiger partial charge >= 0.3 is 5.97 Å². The number of hydrogen-bond acceptors (Lipinski definition) is 6. The van der Waals surface area contributed by atoms with Gasteiger partial charge in [0.2, 0.25) is 11.8 Å². The van der Waals surface area contributed by atoms with E-state index in [1.54, 1.807) is 14.0 Å². The van der Waals surface area contributed by atoms with Crippen molar-refractivity contribution in [3.05, 3.63) is 34.9 Å². The molecule has 1 aliphatic carbocycles. The van der Waals surface area contributed by atoms with Gasteiger partial charge in [0.25, 0.3) is 0 Å². The predicted octanol–water partition coefficient (Wildman–Crippen LogP) is 2.53. The van der Waals surface area contributed by atoms with E-state index in [9.17, 15) is 9.59 Å². The van der Waals surface area contributed by atoms with Crippen LogP contribution in [0.1, 0.15) is 65.2 Å². The van der Waals surface area contributed by atoms with Gasteiger partial charge in [-0.3, -0.25) is 4.79 Å². The molecular formula is C17H21N3O5. The Labute approximate surface area is 144 Å².